The van der Waals surface area contributed by atoms with Crippen molar-refractivity contribution < 1.29 is 4.79 Å². The molecule has 0 spiro atoms. The Bertz CT molecular complexity index is 312. The molecule has 2 nitrogen and oxygen atoms in total. The third-order valence-electron chi connectivity index (χ3n) is 2.12. The van der Waals surface area contributed by atoms with Crippen molar-refractivity contribution in [1.29, 1.82) is 0 Å². The van der Waals surface area contributed by atoms with Gasteiger partial charge in [0.2, 0.25) is 5.91 Å². The summed E-state index contributed by atoms with van der Waals surface area (Å²) in [5, 5.41) is 2.81. The first kappa shape index (κ1) is 11.1. The lowest BCUT2D eigenvalue weighted by Crippen LogP contribution is -2.24. The fraction of sp³-hybridized carbons (Fsp3) is 0.364. The topological polar surface area (TPSA) is 29.1 Å². The average molecular weight is 209 g/mol. The Balaban J connectivity index is 2.61. The first-order valence-electron chi connectivity index (χ1n) is 4.72. The molecule has 0 aromatic heterocycles. The van der Waals surface area contributed by atoms with Crippen LogP contribution in [0.4, 0.5) is 0 Å². The molecule has 0 atom stereocenters. The zero-order valence-electron chi connectivity index (χ0n) is 8.29. The summed E-state index contributed by atoms with van der Waals surface area (Å²) in [6, 6.07) is 8.13. The molecule has 0 aliphatic carbocycles. The lowest BCUT2D eigenvalue weighted by Gasteiger charge is -2.08. The van der Waals surface area contributed by atoms with Crippen molar-refractivity contribution in [3.05, 3.63) is 35.4 Å². The molecule has 1 amide bonds. The zero-order chi connectivity index (χ0) is 10.4. The number of aryl methyl sites for hydroxylation is 1. The van der Waals surface area contributed by atoms with Gasteiger partial charge in [-0.1, -0.05) is 31.2 Å². The second-order valence-corrected chi connectivity index (χ2v) is 3.37. The molecular formula is C11H15NOS. The summed E-state index contributed by atoms with van der Waals surface area (Å²) in [7, 11) is 0. The van der Waals surface area contributed by atoms with Crippen molar-refractivity contribution >= 4 is 18.5 Å². The summed E-state index contributed by atoms with van der Waals surface area (Å²) in [6.45, 7) is 2.71. The van der Waals surface area contributed by atoms with Gasteiger partial charge in [-0.2, -0.15) is 12.6 Å². The van der Waals surface area contributed by atoms with Crippen molar-refractivity contribution in [3.8, 4) is 0 Å². The van der Waals surface area contributed by atoms with E-state index in [0.29, 0.717) is 6.54 Å². The molecule has 1 N–H and O–H groups in total. The third kappa shape index (κ3) is 3.07. The van der Waals surface area contributed by atoms with Crippen LogP contribution in [0.5, 0.6) is 0 Å². The van der Waals surface area contributed by atoms with E-state index in [2.05, 4.69) is 30.9 Å². The van der Waals surface area contributed by atoms with Gasteiger partial charge in [-0.25, -0.2) is 0 Å². The van der Waals surface area contributed by atoms with E-state index >= 15 is 0 Å². The van der Waals surface area contributed by atoms with E-state index in [4.69, 9.17) is 0 Å². The number of hydrogen-bond donors (Lipinski definition) is 2. The first-order valence-corrected chi connectivity index (χ1v) is 5.35. The third-order valence-corrected chi connectivity index (χ3v) is 2.41. The lowest BCUT2D eigenvalue weighted by atomic mass is 10.1. The molecule has 0 saturated heterocycles. The number of carbonyl (C=O) groups is 1. The quantitative estimate of drug-likeness (QED) is 0.727. The van der Waals surface area contributed by atoms with Gasteiger partial charge in [-0.05, 0) is 17.5 Å². The number of rotatable bonds is 4. The summed E-state index contributed by atoms with van der Waals surface area (Å²) in [5.41, 5.74) is 2.47. The van der Waals surface area contributed by atoms with Crippen LogP contribution < -0.4 is 5.32 Å². The Morgan fingerprint density at radius 1 is 1.36 bits per heavy atom. The summed E-state index contributed by atoms with van der Waals surface area (Å²) in [6.07, 6.45) is 0.993. The maximum atomic E-state index is 11.0. The highest BCUT2D eigenvalue weighted by Gasteiger charge is 2.01. The summed E-state index contributed by atoms with van der Waals surface area (Å²) in [4.78, 5) is 11.0. The Morgan fingerprint density at radius 2 is 2.00 bits per heavy atom. The number of benzene rings is 1. The van der Waals surface area contributed by atoms with Crippen LogP contribution >= 0.6 is 12.6 Å². The highest BCUT2D eigenvalue weighted by molar-refractivity contribution is 7.81. The molecule has 3 heteroatoms. The molecule has 0 aliphatic heterocycles. The van der Waals surface area contributed by atoms with Crippen LogP contribution in [0.1, 0.15) is 18.1 Å². The molecule has 0 unspecified atom stereocenters. The Hall–Kier alpha value is -0.960. The highest BCUT2D eigenvalue weighted by Crippen LogP contribution is 2.08. The number of thiol groups is 1. The van der Waals surface area contributed by atoms with E-state index in [-0.39, 0.29) is 11.7 Å². The second-order valence-electron chi connectivity index (χ2n) is 3.06. The van der Waals surface area contributed by atoms with Crippen LogP contribution in [0, 0.1) is 0 Å². The minimum atomic E-state index is -0.0285. The minimum Gasteiger partial charge on any atom is -0.351 e. The van der Waals surface area contributed by atoms with E-state index in [1.807, 2.05) is 18.2 Å². The van der Waals surface area contributed by atoms with Gasteiger partial charge < -0.3 is 5.32 Å². The monoisotopic (exact) mass is 209 g/mol. The molecule has 0 heterocycles. The largest absolute Gasteiger partial charge is 0.351 e. The highest BCUT2D eigenvalue weighted by atomic mass is 32.1. The van der Waals surface area contributed by atoms with Gasteiger partial charge >= 0.3 is 0 Å². The van der Waals surface area contributed by atoms with Crippen LogP contribution in [0.25, 0.3) is 0 Å². The van der Waals surface area contributed by atoms with Crippen molar-refractivity contribution in [2.75, 3.05) is 5.75 Å². The van der Waals surface area contributed by atoms with Crippen LogP contribution in [-0.4, -0.2) is 11.7 Å². The van der Waals surface area contributed by atoms with Crippen LogP contribution in [0.2, 0.25) is 0 Å². The van der Waals surface area contributed by atoms with Crippen molar-refractivity contribution in [2.45, 2.75) is 19.9 Å². The van der Waals surface area contributed by atoms with E-state index < -0.39 is 0 Å². The van der Waals surface area contributed by atoms with E-state index in [0.717, 1.165) is 6.42 Å². The average Bonchev–Trinajstić information content (AvgIpc) is 2.26. The molecule has 14 heavy (non-hydrogen) atoms. The second kappa shape index (κ2) is 5.70. The van der Waals surface area contributed by atoms with Gasteiger partial charge in [0.05, 0.1) is 5.75 Å². The smallest absolute Gasteiger partial charge is 0.229 e. The maximum Gasteiger partial charge on any atom is 0.229 e. The predicted octanol–water partition coefficient (Wildman–Crippen LogP) is 1.79. The number of carbonyl (C=O) groups excluding carboxylic acids is 1. The fourth-order valence-electron chi connectivity index (χ4n) is 1.32. The zero-order valence-corrected chi connectivity index (χ0v) is 9.18. The van der Waals surface area contributed by atoms with Crippen LogP contribution in [0.3, 0.4) is 0 Å². The van der Waals surface area contributed by atoms with E-state index in [9.17, 15) is 4.79 Å². The van der Waals surface area contributed by atoms with E-state index in [1.54, 1.807) is 0 Å². The summed E-state index contributed by atoms with van der Waals surface area (Å²) in [5.74, 6) is 0.216. The molecule has 0 fully saturated rings. The minimum absolute atomic E-state index is 0.0285. The summed E-state index contributed by atoms with van der Waals surface area (Å²) >= 11 is 3.90. The molecule has 0 radical (unpaired) electrons. The molecule has 1 aromatic rings. The fourth-order valence-corrected chi connectivity index (χ4v) is 1.44. The Kier molecular flexibility index (Phi) is 4.53. The predicted molar refractivity (Wildman–Crippen MR) is 61.5 cm³/mol. The van der Waals surface area contributed by atoms with Crippen molar-refractivity contribution in [1.82, 2.24) is 5.32 Å². The molecule has 0 aliphatic rings. The number of nitrogens with one attached hydrogen (secondary N) is 1. The van der Waals surface area contributed by atoms with Gasteiger partial charge in [0.15, 0.2) is 0 Å². The SMILES string of the molecule is CCc1ccccc1CNC(=O)CS. The van der Waals surface area contributed by atoms with Gasteiger partial charge in [-0.15, -0.1) is 0 Å². The molecule has 0 bridgehead atoms. The number of hydrogen-bond acceptors (Lipinski definition) is 2. The molecule has 1 aromatic carbocycles. The molecule has 1 rings (SSSR count). The van der Waals surface area contributed by atoms with Crippen molar-refractivity contribution in [2.24, 2.45) is 0 Å². The Labute approximate surface area is 90.1 Å². The molecule has 0 saturated carbocycles. The number of amides is 1. The van der Waals surface area contributed by atoms with Crippen molar-refractivity contribution in [3.63, 3.8) is 0 Å². The van der Waals surface area contributed by atoms with Gasteiger partial charge in [0.1, 0.15) is 0 Å². The van der Waals surface area contributed by atoms with E-state index in [1.165, 1.54) is 11.1 Å². The van der Waals surface area contributed by atoms with Gasteiger partial charge in [0.25, 0.3) is 0 Å². The van der Waals surface area contributed by atoms with Crippen LogP contribution in [-0.2, 0) is 17.8 Å². The van der Waals surface area contributed by atoms with Gasteiger partial charge in [-0.3, -0.25) is 4.79 Å². The summed E-state index contributed by atoms with van der Waals surface area (Å²) < 4.78 is 0. The lowest BCUT2D eigenvalue weighted by molar-refractivity contribution is -0.118. The maximum absolute atomic E-state index is 11.0. The molecular weight excluding hydrogens is 194 g/mol. The Morgan fingerprint density at radius 3 is 2.57 bits per heavy atom. The standard InChI is InChI=1S/C11H15NOS/c1-2-9-5-3-4-6-10(9)7-12-11(13)8-14/h3-6,14H,2,7-8H2,1H3,(H,12,13). The normalized spacial score (nSPS) is 9.86. The first-order chi connectivity index (χ1) is 6.77. The van der Waals surface area contributed by atoms with Gasteiger partial charge in [0, 0.05) is 6.54 Å². The molecule has 76 valence electrons. The van der Waals surface area contributed by atoms with Crippen LogP contribution in [0.15, 0.2) is 24.3 Å².